The first-order chi connectivity index (χ1) is 14.7. The maximum absolute atomic E-state index is 12.7. The quantitative estimate of drug-likeness (QED) is 0.730. The van der Waals surface area contributed by atoms with E-state index in [0.717, 1.165) is 11.3 Å². The lowest BCUT2D eigenvalue weighted by Crippen LogP contribution is -2.43. The Kier molecular flexibility index (Phi) is 7.04. The number of carbonyl (C=O) groups excluding carboxylic acids is 2. The van der Waals surface area contributed by atoms with Crippen LogP contribution >= 0.6 is 11.3 Å². The summed E-state index contributed by atoms with van der Waals surface area (Å²) >= 11 is 1.36. The number of methoxy groups -OCH3 is 2. The van der Waals surface area contributed by atoms with Crippen LogP contribution < -0.4 is 14.8 Å². The van der Waals surface area contributed by atoms with E-state index >= 15 is 0 Å². The molecule has 0 bridgehead atoms. The number of amides is 2. The molecule has 2 amide bonds. The molecule has 0 atom stereocenters. The van der Waals surface area contributed by atoms with Crippen LogP contribution in [0.15, 0.2) is 23.6 Å². The standard InChI is InChI=1S/C22H29N3O5S/c1-22(2,3)30-21(27)25-10-8-14(9-11-25)19(26)24-20-23-17(13-31-20)16-7-6-15(28-4)12-18(16)29-5/h6-7,12-14H,8-11H2,1-5H3,(H,23,24,26). The van der Waals surface area contributed by atoms with Crippen LogP contribution in [-0.2, 0) is 9.53 Å². The van der Waals surface area contributed by atoms with E-state index in [9.17, 15) is 9.59 Å². The summed E-state index contributed by atoms with van der Waals surface area (Å²) in [6.07, 6.45) is 0.856. The molecule has 2 aromatic rings. The largest absolute Gasteiger partial charge is 0.497 e. The van der Waals surface area contributed by atoms with Gasteiger partial charge in [0.15, 0.2) is 5.13 Å². The van der Waals surface area contributed by atoms with Gasteiger partial charge < -0.3 is 24.4 Å². The number of anilines is 1. The van der Waals surface area contributed by atoms with Gasteiger partial charge in [0.05, 0.1) is 19.9 Å². The highest BCUT2D eigenvalue weighted by atomic mass is 32.1. The smallest absolute Gasteiger partial charge is 0.410 e. The van der Waals surface area contributed by atoms with Crippen molar-refractivity contribution in [2.75, 3.05) is 32.6 Å². The summed E-state index contributed by atoms with van der Waals surface area (Å²) in [5, 5.41) is 5.33. The normalized spacial score (nSPS) is 14.8. The summed E-state index contributed by atoms with van der Waals surface area (Å²) in [6, 6.07) is 5.52. The van der Waals surface area contributed by atoms with Crippen LogP contribution in [0.1, 0.15) is 33.6 Å². The Labute approximate surface area is 186 Å². The maximum Gasteiger partial charge on any atom is 0.410 e. The van der Waals surface area contributed by atoms with Crippen LogP contribution in [-0.4, -0.2) is 54.8 Å². The number of thiazole rings is 1. The van der Waals surface area contributed by atoms with Crippen molar-refractivity contribution in [2.45, 2.75) is 39.2 Å². The maximum atomic E-state index is 12.7. The third-order valence-electron chi connectivity index (χ3n) is 4.94. The molecular weight excluding hydrogens is 418 g/mol. The number of aromatic nitrogens is 1. The highest BCUT2D eigenvalue weighted by Gasteiger charge is 2.30. The molecule has 1 fully saturated rings. The molecule has 0 aliphatic carbocycles. The number of carbonyl (C=O) groups is 2. The van der Waals surface area contributed by atoms with Crippen molar-refractivity contribution in [3.05, 3.63) is 23.6 Å². The Bertz CT molecular complexity index is 929. The van der Waals surface area contributed by atoms with Crippen molar-refractivity contribution >= 4 is 28.5 Å². The van der Waals surface area contributed by atoms with Crippen molar-refractivity contribution in [1.82, 2.24) is 9.88 Å². The lowest BCUT2D eigenvalue weighted by Gasteiger charge is -2.32. The van der Waals surface area contributed by atoms with E-state index in [4.69, 9.17) is 14.2 Å². The highest BCUT2D eigenvalue weighted by Crippen LogP contribution is 2.35. The molecule has 2 heterocycles. The summed E-state index contributed by atoms with van der Waals surface area (Å²) in [4.78, 5) is 31.1. The number of nitrogens with one attached hydrogen (secondary N) is 1. The second-order valence-electron chi connectivity index (χ2n) is 8.34. The van der Waals surface area contributed by atoms with E-state index < -0.39 is 5.60 Å². The molecule has 0 saturated carbocycles. The van der Waals surface area contributed by atoms with Gasteiger partial charge in [-0.1, -0.05) is 0 Å². The molecule has 1 aromatic carbocycles. The van der Waals surface area contributed by atoms with Crippen LogP contribution in [0.4, 0.5) is 9.93 Å². The first kappa shape index (κ1) is 22.9. The fourth-order valence-corrected chi connectivity index (χ4v) is 4.04. The highest BCUT2D eigenvalue weighted by molar-refractivity contribution is 7.14. The second-order valence-corrected chi connectivity index (χ2v) is 9.19. The fourth-order valence-electron chi connectivity index (χ4n) is 3.32. The van der Waals surface area contributed by atoms with Crippen molar-refractivity contribution in [3.63, 3.8) is 0 Å². The van der Waals surface area contributed by atoms with E-state index in [2.05, 4.69) is 10.3 Å². The molecule has 0 spiro atoms. The van der Waals surface area contributed by atoms with Gasteiger partial charge in [0.2, 0.25) is 5.91 Å². The molecule has 0 unspecified atom stereocenters. The molecule has 8 nitrogen and oxygen atoms in total. The molecule has 1 saturated heterocycles. The Hall–Kier alpha value is -2.81. The number of nitrogens with zero attached hydrogens (tertiary/aromatic N) is 2. The van der Waals surface area contributed by atoms with E-state index in [1.165, 1.54) is 11.3 Å². The van der Waals surface area contributed by atoms with Crippen LogP contribution in [0.2, 0.25) is 0 Å². The first-order valence-corrected chi connectivity index (χ1v) is 11.0. The second kappa shape index (κ2) is 9.55. The molecule has 1 aliphatic heterocycles. The molecule has 9 heteroatoms. The molecule has 168 valence electrons. The lowest BCUT2D eigenvalue weighted by atomic mass is 9.96. The average Bonchev–Trinajstić information content (AvgIpc) is 3.20. The lowest BCUT2D eigenvalue weighted by molar-refractivity contribution is -0.121. The third kappa shape index (κ3) is 5.88. The Morgan fingerprint density at radius 1 is 1.16 bits per heavy atom. The van der Waals surface area contributed by atoms with Crippen molar-refractivity contribution < 1.29 is 23.8 Å². The van der Waals surface area contributed by atoms with Crippen LogP contribution in [0.25, 0.3) is 11.3 Å². The van der Waals surface area contributed by atoms with Gasteiger partial charge in [-0.3, -0.25) is 4.79 Å². The summed E-state index contributed by atoms with van der Waals surface area (Å²) in [7, 11) is 3.19. The van der Waals surface area contributed by atoms with E-state index in [0.29, 0.717) is 42.6 Å². The topological polar surface area (TPSA) is 90.0 Å². The van der Waals surface area contributed by atoms with Gasteiger partial charge in [-0.2, -0.15) is 0 Å². The van der Waals surface area contributed by atoms with Gasteiger partial charge in [0, 0.05) is 36.0 Å². The van der Waals surface area contributed by atoms with E-state index in [-0.39, 0.29) is 17.9 Å². The van der Waals surface area contributed by atoms with Gasteiger partial charge in [-0.25, -0.2) is 9.78 Å². The minimum absolute atomic E-state index is 0.0774. The van der Waals surface area contributed by atoms with Gasteiger partial charge >= 0.3 is 6.09 Å². The molecule has 31 heavy (non-hydrogen) atoms. The van der Waals surface area contributed by atoms with Crippen molar-refractivity contribution in [1.29, 1.82) is 0 Å². The predicted molar refractivity (Wildman–Crippen MR) is 120 cm³/mol. The van der Waals surface area contributed by atoms with Crippen LogP contribution in [0.5, 0.6) is 11.5 Å². The van der Waals surface area contributed by atoms with Gasteiger partial charge in [-0.05, 0) is 45.7 Å². The molecule has 1 aliphatic rings. The summed E-state index contributed by atoms with van der Waals surface area (Å²) < 4.78 is 16.1. The number of likely N-dealkylation sites (tertiary alicyclic amines) is 1. The molecule has 0 radical (unpaired) electrons. The number of benzene rings is 1. The van der Waals surface area contributed by atoms with Gasteiger partial charge in [0.25, 0.3) is 0 Å². The Balaban J connectivity index is 1.58. The summed E-state index contributed by atoms with van der Waals surface area (Å²) in [5.41, 5.74) is 1.02. The number of rotatable bonds is 5. The molecule has 3 rings (SSSR count). The van der Waals surface area contributed by atoms with Crippen molar-refractivity contribution in [2.24, 2.45) is 5.92 Å². The summed E-state index contributed by atoms with van der Waals surface area (Å²) in [5.74, 6) is 1.10. The van der Waals surface area contributed by atoms with Gasteiger partial charge in [-0.15, -0.1) is 11.3 Å². The first-order valence-electron chi connectivity index (χ1n) is 10.2. The zero-order chi connectivity index (χ0) is 22.6. The zero-order valence-electron chi connectivity index (χ0n) is 18.6. The fraction of sp³-hybridized carbons (Fsp3) is 0.500. The number of ether oxygens (including phenoxy) is 3. The molecule has 1 aromatic heterocycles. The number of hydrogen-bond acceptors (Lipinski definition) is 7. The van der Waals surface area contributed by atoms with Crippen molar-refractivity contribution in [3.8, 4) is 22.8 Å². The number of piperidine rings is 1. The van der Waals surface area contributed by atoms with Crippen LogP contribution in [0, 0.1) is 5.92 Å². The molecular formula is C22H29N3O5S. The monoisotopic (exact) mass is 447 g/mol. The van der Waals surface area contributed by atoms with Crippen LogP contribution in [0.3, 0.4) is 0 Å². The SMILES string of the molecule is COc1ccc(-c2csc(NC(=O)C3CCN(C(=O)OC(C)(C)C)CC3)n2)c(OC)c1. The third-order valence-corrected chi connectivity index (χ3v) is 5.69. The minimum atomic E-state index is -0.527. The summed E-state index contributed by atoms with van der Waals surface area (Å²) in [6.45, 7) is 6.52. The Morgan fingerprint density at radius 3 is 2.48 bits per heavy atom. The van der Waals surface area contributed by atoms with Gasteiger partial charge in [0.1, 0.15) is 17.1 Å². The zero-order valence-corrected chi connectivity index (χ0v) is 19.4. The Morgan fingerprint density at radius 2 is 1.87 bits per heavy atom. The average molecular weight is 448 g/mol. The number of hydrogen-bond donors (Lipinski definition) is 1. The van der Waals surface area contributed by atoms with E-state index in [1.54, 1.807) is 25.2 Å². The van der Waals surface area contributed by atoms with E-state index in [1.807, 2.05) is 38.3 Å². The minimum Gasteiger partial charge on any atom is -0.497 e. The predicted octanol–water partition coefficient (Wildman–Crippen LogP) is 4.41. The molecule has 1 N–H and O–H groups in total.